The number of nitrogens with zero attached hydrogens (tertiary/aromatic N) is 2. The quantitative estimate of drug-likeness (QED) is 0.358. The van der Waals surface area contributed by atoms with Crippen LogP contribution in [0.4, 0.5) is 17.6 Å². The van der Waals surface area contributed by atoms with Crippen LogP contribution in [0.1, 0.15) is 22.3 Å². The molecule has 5 rings (SSSR count). The summed E-state index contributed by atoms with van der Waals surface area (Å²) in [5.41, 5.74) is 3.26. The summed E-state index contributed by atoms with van der Waals surface area (Å²) in [4.78, 5) is 8.65. The van der Waals surface area contributed by atoms with Crippen LogP contribution >= 0.6 is 0 Å². The topological polar surface area (TPSA) is 25.8 Å². The molecule has 2 aromatic carbocycles. The van der Waals surface area contributed by atoms with Gasteiger partial charge in [0.15, 0.2) is 5.65 Å². The molecule has 0 saturated heterocycles. The predicted octanol–water partition coefficient (Wildman–Crippen LogP) is 6.44. The van der Waals surface area contributed by atoms with Gasteiger partial charge in [-0.25, -0.2) is 14.4 Å². The largest absolute Gasteiger partial charge is 0.416 e. The van der Waals surface area contributed by atoms with Gasteiger partial charge in [0.05, 0.1) is 11.3 Å². The molecule has 6 heteroatoms. The molecular formula is C24H14F4N2. The van der Waals surface area contributed by atoms with Crippen LogP contribution < -0.4 is 0 Å². The first kappa shape index (κ1) is 18.5. The van der Waals surface area contributed by atoms with Gasteiger partial charge in [0, 0.05) is 17.1 Å². The van der Waals surface area contributed by atoms with Crippen LogP contribution in [0.2, 0.25) is 0 Å². The number of pyridine rings is 2. The van der Waals surface area contributed by atoms with Gasteiger partial charge in [-0.15, -0.1) is 0 Å². The smallest absolute Gasteiger partial charge is 0.237 e. The second kappa shape index (κ2) is 6.76. The van der Waals surface area contributed by atoms with E-state index in [-0.39, 0.29) is 11.3 Å². The van der Waals surface area contributed by atoms with E-state index in [9.17, 15) is 17.6 Å². The van der Waals surface area contributed by atoms with Crippen LogP contribution in [0.3, 0.4) is 0 Å². The number of allylic oxidation sites excluding steroid dienone is 1. The van der Waals surface area contributed by atoms with Crippen molar-refractivity contribution >= 4 is 16.6 Å². The zero-order valence-corrected chi connectivity index (χ0v) is 15.5. The number of hydrogen-bond acceptors (Lipinski definition) is 2. The Labute approximate surface area is 169 Å². The van der Waals surface area contributed by atoms with E-state index in [1.54, 1.807) is 18.3 Å². The summed E-state index contributed by atoms with van der Waals surface area (Å²) in [6.45, 7) is 0. The lowest BCUT2D eigenvalue weighted by atomic mass is 9.95. The van der Waals surface area contributed by atoms with Crippen molar-refractivity contribution in [1.82, 2.24) is 9.97 Å². The first-order valence-corrected chi connectivity index (χ1v) is 9.33. The van der Waals surface area contributed by atoms with Gasteiger partial charge in [-0.1, -0.05) is 30.3 Å². The predicted molar refractivity (Wildman–Crippen MR) is 107 cm³/mol. The normalized spacial score (nSPS) is 13.4. The van der Waals surface area contributed by atoms with Crippen molar-refractivity contribution in [3.05, 3.63) is 101 Å². The summed E-state index contributed by atoms with van der Waals surface area (Å²) in [5, 5.41) is 0.761. The highest BCUT2D eigenvalue weighted by Gasteiger charge is 2.31. The van der Waals surface area contributed by atoms with E-state index in [0.29, 0.717) is 5.65 Å². The SMILES string of the molecule is Fc1ccc(C(F)(F)F)cc1-c1cc(C2=CCc3ccccc32)c2cccnc2n1. The Hall–Kier alpha value is -3.54. The molecule has 0 radical (unpaired) electrons. The van der Waals surface area contributed by atoms with Crippen molar-refractivity contribution in [3.63, 3.8) is 0 Å². The van der Waals surface area contributed by atoms with Crippen LogP contribution in [0.25, 0.3) is 27.9 Å². The number of fused-ring (bicyclic) bond motifs is 2. The Morgan fingerprint density at radius 2 is 1.67 bits per heavy atom. The summed E-state index contributed by atoms with van der Waals surface area (Å²) in [7, 11) is 0. The van der Waals surface area contributed by atoms with Crippen LogP contribution in [0.5, 0.6) is 0 Å². The second-order valence-electron chi connectivity index (χ2n) is 7.10. The Kier molecular flexibility index (Phi) is 4.17. The first-order chi connectivity index (χ1) is 14.4. The maximum Gasteiger partial charge on any atom is 0.416 e. The van der Waals surface area contributed by atoms with Crippen molar-refractivity contribution in [3.8, 4) is 11.3 Å². The van der Waals surface area contributed by atoms with E-state index in [1.807, 2.05) is 30.3 Å². The molecule has 0 bridgehead atoms. The third kappa shape index (κ3) is 3.05. The Morgan fingerprint density at radius 3 is 2.50 bits per heavy atom. The summed E-state index contributed by atoms with van der Waals surface area (Å²) in [5.74, 6) is -0.766. The lowest BCUT2D eigenvalue weighted by molar-refractivity contribution is -0.137. The molecule has 0 unspecified atom stereocenters. The number of aromatic nitrogens is 2. The van der Waals surface area contributed by atoms with Gasteiger partial charge in [-0.2, -0.15) is 13.2 Å². The molecule has 1 aliphatic rings. The van der Waals surface area contributed by atoms with Crippen LogP contribution in [0, 0.1) is 5.82 Å². The monoisotopic (exact) mass is 406 g/mol. The van der Waals surface area contributed by atoms with Crippen LogP contribution in [-0.4, -0.2) is 9.97 Å². The molecule has 2 nitrogen and oxygen atoms in total. The molecule has 148 valence electrons. The highest BCUT2D eigenvalue weighted by molar-refractivity contribution is 5.98. The molecule has 4 aromatic rings. The van der Waals surface area contributed by atoms with E-state index < -0.39 is 17.6 Å². The zero-order chi connectivity index (χ0) is 20.9. The van der Waals surface area contributed by atoms with Gasteiger partial charge in [0.25, 0.3) is 0 Å². The third-order valence-corrected chi connectivity index (χ3v) is 5.28. The van der Waals surface area contributed by atoms with Gasteiger partial charge in [-0.05, 0) is 65.1 Å². The number of hydrogen-bond donors (Lipinski definition) is 0. The average Bonchev–Trinajstić information content (AvgIpc) is 3.16. The number of rotatable bonds is 2. The molecule has 1 aliphatic carbocycles. The molecule has 0 fully saturated rings. The lowest BCUT2D eigenvalue weighted by Crippen LogP contribution is -2.06. The molecular weight excluding hydrogens is 392 g/mol. The summed E-state index contributed by atoms with van der Waals surface area (Å²) < 4.78 is 54.1. The number of alkyl halides is 3. The highest BCUT2D eigenvalue weighted by atomic mass is 19.4. The van der Waals surface area contributed by atoms with Crippen molar-refractivity contribution in [2.24, 2.45) is 0 Å². The second-order valence-corrected chi connectivity index (χ2v) is 7.10. The summed E-state index contributed by atoms with van der Waals surface area (Å²) >= 11 is 0. The highest BCUT2D eigenvalue weighted by Crippen LogP contribution is 2.38. The summed E-state index contributed by atoms with van der Waals surface area (Å²) in [6.07, 6.45) is -0.197. The Balaban J connectivity index is 1.76. The van der Waals surface area contributed by atoms with Crippen molar-refractivity contribution in [2.75, 3.05) is 0 Å². The van der Waals surface area contributed by atoms with Gasteiger partial charge in [0.1, 0.15) is 5.82 Å². The van der Waals surface area contributed by atoms with E-state index in [0.717, 1.165) is 52.3 Å². The van der Waals surface area contributed by atoms with E-state index >= 15 is 0 Å². The van der Waals surface area contributed by atoms with Crippen LogP contribution in [-0.2, 0) is 12.6 Å². The molecule has 2 aromatic heterocycles. The fourth-order valence-corrected chi connectivity index (χ4v) is 3.85. The van der Waals surface area contributed by atoms with Gasteiger partial charge < -0.3 is 0 Å². The van der Waals surface area contributed by atoms with Crippen molar-refractivity contribution < 1.29 is 17.6 Å². The molecule has 0 atom stereocenters. The van der Waals surface area contributed by atoms with Gasteiger partial charge >= 0.3 is 6.18 Å². The van der Waals surface area contributed by atoms with E-state index in [2.05, 4.69) is 16.0 Å². The zero-order valence-electron chi connectivity index (χ0n) is 15.5. The van der Waals surface area contributed by atoms with Gasteiger partial charge in [0.2, 0.25) is 0 Å². The van der Waals surface area contributed by atoms with E-state index in [4.69, 9.17) is 0 Å². The molecule has 2 heterocycles. The lowest BCUT2D eigenvalue weighted by Gasteiger charge is -2.13. The van der Waals surface area contributed by atoms with Crippen LogP contribution in [0.15, 0.2) is 72.9 Å². The maximum absolute atomic E-state index is 14.5. The van der Waals surface area contributed by atoms with E-state index in [1.165, 1.54) is 0 Å². The average molecular weight is 406 g/mol. The minimum atomic E-state index is -4.58. The number of halogens is 4. The Morgan fingerprint density at radius 1 is 0.833 bits per heavy atom. The summed E-state index contributed by atoms with van der Waals surface area (Å²) in [6, 6.07) is 15.6. The van der Waals surface area contributed by atoms with Crippen molar-refractivity contribution in [1.29, 1.82) is 0 Å². The molecule has 0 saturated carbocycles. The Bertz CT molecular complexity index is 1320. The minimum Gasteiger partial charge on any atom is -0.237 e. The molecule has 0 amide bonds. The van der Waals surface area contributed by atoms with Crippen molar-refractivity contribution in [2.45, 2.75) is 12.6 Å². The molecule has 0 N–H and O–H groups in total. The van der Waals surface area contributed by atoms with Gasteiger partial charge in [-0.3, -0.25) is 0 Å². The fourth-order valence-electron chi connectivity index (χ4n) is 3.85. The minimum absolute atomic E-state index is 0.116. The standard InChI is InChI=1S/C24H14F4N2/c25-21-10-8-15(24(26,27)28)12-20(21)22-13-19(18-6-3-11-29-23(18)30-22)17-9-7-14-4-1-2-5-16(14)17/h1-6,8-13H,7H2. The number of benzene rings is 2. The molecule has 30 heavy (non-hydrogen) atoms. The molecule has 0 spiro atoms. The fraction of sp³-hybridized carbons (Fsp3) is 0.0833. The molecule has 0 aliphatic heterocycles. The maximum atomic E-state index is 14.5. The first-order valence-electron chi connectivity index (χ1n) is 9.33. The third-order valence-electron chi connectivity index (χ3n) is 5.28.